The van der Waals surface area contributed by atoms with E-state index in [1.807, 2.05) is 43.3 Å². The molecular formula is C26H38N4O5. The normalized spacial score (nSPS) is 14.7. The summed E-state index contributed by atoms with van der Waals surface area (Å²) >= 11 is 0. The molecule has 1 saturated heterocycles. The highest BCUT2D eigenvalue weighted by Crippen LogP contribution is 2.22. The maximum Gasteiger partial charge on any atom is 0.322 e. The van der Waals surface area contributed by atoms with Gasteiger partial charge in [0.15, 0.2) is 0 Å². The molecule has 1 fully saturated rings. The molecule has 9 nitrogen and oxygen atoms in total. The first-order valence-corrected chi connectivity index (χ1v) is 11.8. The monoisotopic (exact) mass is 486 g/mol. The largest absolute Gasteiger partial charge is 0.412 e. The highest BCUT2D eigenvalue weighted by molar-refractivity contribution is 5.93. The molecule has 0 radical (unpaired) electrons. The van der Waals surface area contributed by atoms with Crippen molar-refractivity contribution in [3.8, 4) is 0 Å². The molecule has 0 aromatic heterocycles. The third-order valence-electron chi connectivity index (χ3n) is 6.23. The molecule has 192 valence electrons. The Hall–Kier alpha value is -2.98. The van der Waals surface area contributed by atoms with Gasteiger partial charge in [0.05, 0.1) is 12.1 Å². The minimum Gasteiger partial charge on any atom is -0.412 e. The van der Waals surface area contributed by atoms with E-state index in [2.05, 4.69) is 17.1 Å². The van der Waals surface area contributed by atoms with Crippen LogP contribution in [0.4, 0.5) is 10.5 Å². The first-order valence-electron chi connectivity index (χ1n) is 11.8. The van der Waals surface area contributed by atoms with Gasteiger partial charge in [-0.15, -0.1) is 0 Å². The van der Waals surface area contributed by atoms with Crippen molar-refractivity contribution in [3.63, 3.8) is 0 Å². The topological polar surface area (TPSA) is 140 Å². The van der Waals surface area contributed by atoms with Gasteiger partial charge in [0, 0.05) is 56.9 Å². The Morgan fingerprint density at radius 1 is 1.14 bits per heavy atom. The fourth-order valence-corrected chi connectivity index (χ4v) is 4.12. The number of rotatable bonds is 10. The number of hydrogen-bond acceptors (Lipinski definition) is 5. The van der Waals surface area contributed by atoms with E-state index in [-0.39, 0.29) is 11.5 Å². The van der Waals surface area contributed by atoms with Crippen LogP contribution in [0.25, 0.3) is 0 Å². The number of carbonyl (C=O) groups excluding carboxylic acids is 2. The molecule has 0 bridgehead atoms. The van der Waals surface area contributed by atoms with Gasteiger partial charge in [-0.1, -0.05) is 31.2 Å². The number of aryl methyl sites for hydroxylation is 1. The molecule has 0 aliphatic carbocycles. The molecule has 6 N–H and O–H groups in total. The van der Waals surface area contributed by atoms with Gasteiger partial charge in [0.1, 0.15) is 0 Å². The number of hydrogen-bond donors (Lipinski definition) is 3. The Balaban J connectivity index is 0.00000432. The molecule has 2 aromatic rings. The van der Waals surface area contributed by atoms with Crippen LogP contribution in [-0.4, -0.2) is 72.4 Å². The molecule has 0 spiro atoms. The number of carbonyl (C=O) groups is 2. The number of ether oxygens (including phenoxy) is 1. The summed E-state index contributed by atoms with van der Waals surface area (Å²) in [4.78, 5) is 28.4. The molecule has 1 aliphatic rings. The summed E-state index contributed by atoms with van der Waals surface area (Å²) in [5, 5.41) is 13.8. The van der Waals surface area contributed by atoms with Crippen LogP contribution >= 0.6 is 0 Å². The summed E-state index contributed by atoms with van der Waals surface area (Å²) in [6.45, 7) is 8.01. The lowest BCUT2D eigenvalue weighted by Crippen LogP contribution is -2.49. The number of amides is 3. The predicted octanol–water partition coefficient (Wildman–Crippen LogP) is 1.85. The van der Waals surface area contributed by atoms with E-state index in [0.717, 1.165) is 23.4 Å². The van der Waals surface area contributed by atoms with Crippen molar-refractivity contribution < 1.29 is 24.9 Å². The molecular weight excluding hydrogens is 448 g/mol. The Bertz CT molecular complexity index is 960. The summed E-state index contributed by atoms with van der Waals surface area (Å²) in [5.41, 5.74) is 7.77. The predicted molar refractivity (Wildman–Crippen MR) is 136 cm³/mol. The third kappa shape index (κ3) is 8.32. The van der Waals surface area contributed by atoms with Gasteiger partial charge < -0.3 is 26.4 Å². The van der Waals surface area contributed by atoms with Crippen molar-refractivity contribution in [3.05, 3.63) is 65.2 Å². The quantitative estimate of drug-likeness (QED) is 0.470. The summed E-state index contributed by atoms with van der Waals surface area (Å²) in [5.74, 6) is -0.481. The second kappa shape index (κ2) is 13.2. The number of nitrogens with one attached hydrogen (secondary N) is 1. The molecule has 3 rings (SSSR count). The molecule has 2 aromatic carbocycles. The van der Waals surface area contributed by atoms with Gasteiger partial charge in [-0.3, -0.25) is 14.6 Å². The van der Waals surface area contributed by atoms with Crippen molar-refractivity contribution in [2.45, 2.75) is 38.8 Å². The second-order valence-electron chi connectivity index (χ2n) is 8.92. The molecule has 0 saturated carbocycles. The average molecular weight is 487 g/mol. The van der Waals surface area contributed by atoms with Gasteiger partial charge in [0.2, 0.25) is 5.91 Å². The zero-order chi connectivity index (χ0) is 24.6. The van der Waals surface area contributed by atoms with Gasteiger partial charge in [0.25, 0.3) is 0 Å². The Labute approximate surface area is 207 Å². The smallest absolute Gasteiger partial charge is 0.322 e. The number of urea groups is 1. The Kier molecular flexibility index (Phi) is 10.7. The number of aliphatic hydroxyl groups is 1. The van der Waals surface area contributed by atoms with Crippen LogP contribution in [0.1, 0.15) is 41.3 Å². The van der Waals surface area contributed by atoms with Crippen LogP contribution in [0.5, 0.6) is 0 Å². The number of primary amides is 1. The van der Waals surface area contributed by atoms with Gasteiger partial charge in [-0.05, 0) is 48.9 Å². The molecule has 0 atom stereocenters. The number of anilines is 1. The molecule has 0 unspecified atom stereocenters. The lowest BCUT2D eigenvalue weighted by atomic mass is 9.94. The van der Waals surface area contributed by atoms with Crippen LogP contribution in [0.15, 0.2) is 48.5 Å². The standard InChI is InChI=1S/C26H36N4O4.H2O/c1-3-29(19-26(33)11-15-34-16-12-26)14-13-28-25(32)30(23-6-4-5-20(2)17-23)18-21-7-9-22(10-8-21)24(27)31;/h4-10,17,33H,3,11-16,18-19H2,1-2H3,(H2,27,31)(H,28,32);1H2. The van der Waals surface area contributed by atoms with Crippen LogP contribution in [0, 0.1) is 6.92 Å². The lowest BCUT2D eigenvalue weighted by Gasteiger charge is -2.36. The zero-order valence-electron chi connectivity index (χ0n) is 20.6. The van der Waals surface area contributed by atoms with E-state index < -0.39 is 11.5 Å². The summed E-state index contributed by atoms with van der Waals surface area (Å²) in [7, 11) is 0. The van der Waals surface area contributed by atoms with Crippen molar-refractivity contribution in [2.75, 3.05) is 44.3 Å². The van der Waals surface area contributed by atoms with Crippen LogP contribution in [0.2, 0.25) is 0 Å². The number of nitrogens with two attached hydrogens (primary N) is 1. The van der Waals surface area contributed by atoms with Gasteiger partial charge in [-0.25, -0.2) is 4.79 Å². The van der Waals surface area contributed by atoms with E-state index in [0.29, 0.717) is 57.8 Å². The maximum absolute atomic E-state index is 13.2. The first-order chi connectivity index (χ1) is 16.3. The van der Waals surface area contributed by atoms with Crippen LogP contribution in [0.3, 0.4) is 0 Å². The minimum atomic E-state index is -0.733. The van der Waals surface area contributed by atoms with Crippen molar-refractivity contribution in [2.24, 2.45) is 5.73 Å². The van der Waals surface area contributed by atoms with E-state index >= 15 is 0 Å². The minimum absolute atomic E-state index is 0. The first kappa shape index (κ1) is 28.3. The fourth-order valence-electron chi connectivity index (χ4n) is 4.12. The summed E-state index contributed by atoms with van der Waals surface area (Å²) in [6, 6.07) is 14.5. The van der Waals surface area contributed by atoms with Crippen molar-refractivity contribution in [1.29, 1.82) is 0 Å². The van der Waals surface area contributed by atoms with Crippen molar-refractivity contribution in [1.82, 2.24) is 10.2 Å². The fraction of sp³-hybridized carbons (Fsp3) is 0.462. The van der Waals surface area contributed by atoms with Crippen LogP contribution < -0.4 is 16.0 Å². The number of benzene rings is 2. The zero-order valence-corrected chi connectivity index (χ0v) is 20.6. The second-order valence-corrected chi connectivity index (χ2v) is 8.92. The van der Waals surface area contributed by atoms with E-state index in [9.17, 15) is 14.7 Å². The molecule has 9 heteroatoms. The molecule has 3 amide bonds. The summed E-state index contributed by atoms with van der Waals surface area (Å²) < 4.78 is 5.37. The number of nitrogens with zero attached hydrogens (tertiary/aromatic N) is 2. The average Bonchev–Trinajstić information content (AvgIpc) is 2.82. The van der Waals surface area contributed by atoms with Gasteiger partial charge >= 0.3 is 6.03 Å². The molecule has 1 aliphatic heterocycles. The Morgan fingerprint density at radius 2 is 1.83 bits per heavy atom. The van der Waals surface area contributed by atoms with E-state index in [1.54, 1.807) is 17.0 Å². The Morgan fingerprint density at radius 3 is 2.43 bits per heavy atom. The highest BCUT2D eigenvalue weighted by Gasteiger charge is 2.31. The van der Waals surface area contributed by atoms with Gasteiger partial charge in [-0.2, -0.15) is 0 Å². The maximum atomic E-state index is 13.2. The van der Waals surface area contributed by atoms with Crippen LogP contribution in [-0.2, 0) is 11.3 Å². The lowest BCUT2D eigenvalue weighted by molar-refractivity contribution is -0.0790. The highest BCUT2D eigenvalue weighted by atomic mass is 16.5. The number of likely N-dealkylation sites (N-methyl/N-ethyl adjacent to an activating group) is 1. The SMILES string of the molecule is CCN(CCNC(=O)N(Cc1ccc(C(N)=O)cc1)c1cccc(C)c1)CC1(O)CCOCC1.O. The van der Waals surface area contributed by atoms with E-state index in [1.165, 1.54) is 0 Å². The molecule has 35 heavy (non-hydrogen) atoms. The third-order valence-corrected chi connectivity index (χ3v) is 6.23. The summed E-state index contributed by atoms with van der Waals surface area (Å²) in [6.07, 6.45) is 1.26. The van der Waals surface area contributed by atoms with Crippen molar-refractivity contribution >= 4 is 17.6 Å². The molecule has 1 heterocycles. The van der Waals surface area contributed by atoms with E-state index in [4.69, 9.17) is 10.5 Å².